The van der Waals surface area contributed by atoms with Gasteiger partial charge in [0.2, 0.25) is 11.0 Å². The average Bonchev–Trinajstić information content (AvgIpc) is 3.16. The van der Waals surface area contributed by atoms with E-state index < -0.39 is 0 Å². The number of nitrogens with zero attached hydrogens (tertiary/aromatic N) is 3. The predicted octanol–water partition coefficient (Wildman–Crippen LogP) is 1.72. The maximum Gasteiger partial charge on any atom is 0.311 e. The summed E-state index contributed by atoms with van der Waals surface area (Å²) in [4.78, 5) is 25.1. The Morgan fingerprint density at radius 2 is 2.10 bits per heavy atom. The van der Waals surface area contributed by atoms with Crippen LogP contribution in [0.15, 0.2) is 0 Å². The molecule has 1 aliphatic heterocycles. The summed E-state index contributed by atoms with van der Waals surface area (Å²) in [6.07, 6.45) is 5.00. The SMILES string of the molecule is COC(=O)C1CC(=O)N(c2nnc(C3CCCC3)s2)C1. The minimum atomic E-state index is -0.383. The van der Waals surface area contributed by atoms with Crippen LogP contribution < -0.4 is 4.90 Å². The molecule has 1 atom stereocenters. The number of aromatic nitrogens is 2. The Labute approximate surface area is 121 Å². The van der Waals surface area contributed by atoms with Crippen molar-refractivity contribution < 1.29 is 14.3 Å². The number of rotatable bonds is 3. The van der Waals surface area contributed by atoms with Gasteiger partial charge in [-0.15, -0.1) is 10.2 Å². The Morgan fingerprint density at radius 1 is 1.35 bits per heavy atom. The first-order valence-electron chi connectivity index (χ1n) is 6.90. The highest BCUT2D eigenvalue weighted by molar-refractivity contribution is 7.15. The molecule has 0 radical (unpaired) electrons. The second-order valence-corrected chi connectivity index (χ2v) is 6.32. The summed E-state index contributed by atoms with van der Waals surface area (Å²) in [5, 5.41) is 9.99. The second-order valence-electron chi connectivity index (χ2n) is 5.33. The monoisotopic (exact) mass is 295 g/mol. The number of carbonyl (C=O) groups excluding carboxylic acids is 2. The van der Waals surface area contributed by atoms with Crippen LogP contribution in [0.4, 0.5) is 5.13 Å². The molecule has 2 heterocycles. The van der Waals surface area contributed by atoms with Crippen LogP contribution in [-0.2, 0) is 14.3 Å². The third-order valence-corrected chi connectivity index (χ3v) is 5.13. The van der Waals surface area contributed by atoms with Crippen molar-refractivity contribution in [3.63, 3.8) is 0 Å². The van der Waals surface area contributed by atoms with Crippen molar-refractivity contribution in [3.05, 3.63) is 5.01 Å². The topological polar surface area (TPSA) is 72.4 Å². The van der Waals surface area contributed by atoms with E-state index in [1.54, 1.807) is 4.90 Å². The van der Waals surface area contributed by atoms with Crippen molar-refractivity contribution in [3.8, 4) is 0 Å². The smallest absolute Gasteiger partial charge is 0.311 e. The number of hydrogen-bond acceptors (Lipinski definition) is 6. The van der Waals surface area contributed by atoms with Gasteiger partial charge < -0.3 is 4.74 Å². The molecule has 0 N–H and O–H groups in total. The number of carbonyl (C=O) groups is 2. The van der Waals surface area contributed by atoms with Crippen LogP contribution in [-0.4, -0.2) is 35.7 Å². The lowest BCUT2D eigenvalue weighted by molar-refractivity contribution is -0.145. The Bertz CT molecular complexity index is 525. The van der Waals surface area contributed by atoms with Crippen molar-refractivity contribution in [2.45, 2.75) is 38.0 Å². The lowest BCUT2D eigenvalue weighted by Crippen LogP contribution is -2.26. The first kappa shape index (κ1) is 13.5. The summed E-state index contributed by atoms with van der Waals surface area (Å²) >= 11 is 1.48. The van der Waals surface area contributed by atoms with Crippen LogP contribution in [0.2, 0.25) is 0 Å². The van der Waals surface area contributed by atoms with Crippen molar-refractivity contribution >= 4 is 28.3 Å². The van der Waals surface area contributed by atoms with Crippen LogP contribution >= 0.6 is 11.3 Å². The normalized spacial score (nSPS) is 23.6. The van der Waals surface area contributed by atoms with E-state index in [2.05, 4.69) is 10.2 Å². The molecule has 20 heavy (non-hydrogen) atoms. The van der Waals surface area contributed by atoms with Crippen LogP contribution in [0, 0.1) is 5.92 Å². The van der Waals surface area contributed by atoms with Gasteiger partial charge in [0.15, 0.2) is 0 Å². The van der Waals surface area contributed by atoms with E-state index in [0.29, 0.717) is 17.6 Å². The highest BCUT2D eigenvalue weighted by Crippen LogP contribution is 2.38. The van der Waals surface area contributed by atoms with Crippen molar-refractivity contribution in [2.24, 2.45) is 5.92 Å². The summed E-state index contributed by atoms with van der Waals surface area (Å²) < 4.78 is 4.70. The molecule has 1 amide bonds. The number of anilines is 1. The third kappa shape index (κ3) is 2.42. The Morgan fingerprint density at radius 3 is 2.80 bits per heavy atom. The molecule has 1 aliphatic carbocycles. The van der Waals surface area contributed by atoms with Gasteiger partial charge in [-0.2, -0.15) is 0 Å². The quantitative estimate of drug-likeness (QED) is 0.794. The lowest BCUT2D eigenvalue weighted by atomic mass is 10.1. The van der Waals surface area contributed by atoms with Crippen LogP contribution in [0.25, 0.3) is 0 Å². The highest BCUT2D eigenvalue weighted by atomic mass is 32.1. The molecule has 2 aliphatic rings. The van der Waals surface area contributed by atoms with E-state index in [4.69, 9.17) is 4.74 Å². The number of methoxy groups -OCH3 is 1. The summed E-state index contributed by atoms with van der Waals surface area (Å²) in [7, 11) is 1.35. The van der Waals surface area contributed by atoms with Crippen LogP contribution in [0.1, 0.15) is 43.0 Å². The molecule has 2 fully saturated rings. The van der Waals surface area contributed by atoms with E-state index in [1.165, 1.54) is 31.3 Å². The third-order valence-electron chi connectivity index (χ3n) is 4.02. The number of amides is 1. The standard InChI is InChI=1S/C13H17N3O3S/c1-19-12(18)9-6-10(17)16(7-9)13-15-14-11(20-13)8-4-2-3-5-8/h8-9H,2-7H2,1H3. The fourth-order valence-electron chi connectivity index (χ4n) is 2.89. The first-order valence-corrected chi connectivity index (χ1v) is 7.72. The Hall–Kier alpha value is -1.50. The summed E-state index contributed by atoms with van der Waals surface area (Å²) in [6, 6.07) is 0. The van der Waals surface area contributed by atoms with Gasteiger partial charge in [-0.1, -0.05) is 24.2 Å². The molecule has 0 spiro atoms. The minimum Gasteiger partial charge on any atom is -0.469 e. The molecule has 108 valence electrons. The van der Waals surface area contributed by atoms with Gasteiger partial charge in [-0.25, -0.2) is 0 Å². The lowest BCUT2D eigenvalue weighted by Gasteiger charge is -2.11. The van der Waals surface area contributed by atoms with Gasteiger partial charge in [-0.05, 0) is 12.8 Å². The molecular weight excluding hydrogens is 278 g/mol. The average molecular weight is 295 g/mol. The number of ether oxygens (including phenoxy) is 1. The second kappa shape index (κ2) is 5.47. The fraction of sp³-hybridized carbons (Fsp3) is 0.692. The van der Waals surface area contributed by atoms with Gasteiger partial charge in [0, 0.05) is 18.9 Å². The van der Waals surface area contributed by atoms with Crippen molar-refractivity contribution in [1.29, 1.82) is 0 Å². The number of esters is 1. The molecule has 0 aromatic carbocycles. The molecule has 1 saturated carbocycles. The van der Waals surface area contributed by atoms with Gasteiger partial charge >= 0.3 is 5.97 Å². The molecule has 0 bridgehead atoms. The van der Waals surface area contributed by atoms with E-state index in [-0.39, 0.29) is 24.2 Å². The summed E-state index contributed by atoms with van der Waals surface area (Å²) in [6.45, 7) is 0.352. The largest absolute Gasteiger partial charge is 0.469 e. The maximum atomic E-state index is 12.0. The minimum absolute atomic E-state index is 0.0745. The predicted molar refractivity (Wildman–Crippen MR) is 73.6 cm³/mol. The van der Waals surface area contributed by atoms with Gasteiger partial charge in [0.05, 0.1) is 13.0 Å². The number of hydrogen-bond donors (Lipinski definition) is 0. The Kier molecular flexibility index (Phi) is 3.69. The van der Waals surface area contributed by atoms with E-state index in [1.807, 2.05) is 0 Å². The molecule has 1 aromatic rings. The van der Waals surface area contributed by atoms with E-state index in [0.717, 1.165) is 17.8 Å². The molecule has 6 nitrogen and oxygen atoms in total. The van der Waals surface area contributed by atoms with Crippen molar-refractivity contribution in [1.82, 2.24) is 10.2 Å². The molecule has 1 aromatic heterocycles. The highest BCUT2D eigenvalue weighted by Gasteiger charge is 2.37. The van der Waals surface area contributed by atoms with Gasteiger partial charge in [-0.3, -0.25) is 14.5 Å². The fourth-order valence-corrected chi connectivity index (χ4v) is 3.93. The zero-order valence-electron chi connectivity index (χ0n) is 11.4. The molecular formula is C13H17N3O3S. The maximum absolute atomic E-state index is 12.0. The van der Waals surface area contributed by atoms with Crippen molar-refractivity contribution in [2.75, 3.05) is 18.6 Å². The van der Waals surface area contributed by atoms with E-state index >= 15 is 0 Å². The first-order chi connectivity index (χ1) is 9.69. The molecule has 3 rings (SSSR count). The van der Waals surface area contributed by atoms with Gasteiger partial charge in [0.1, 0.15) is 5.01 Å². The van der Waals surface area contributed by atoms with Crippen LogP contribution in [0.3, 0.4) is 0 Å². The van der Waals surface area contributed by atoms with Crippen LogP contribution in [0.5, 0.6) is 0 Å². The molecule has 7 heteroatoms. The summed E-state index contributed by atoms with van der Waals surface area (Å²) in [5.74, 6) is -0.294. The van der Waals surface area contributed by atoms with Gasteiger partial charge in [0.25, 0.3) is 0 Å². The Balaban J connectivity index is 1.73. The van der Waals surface area contributed by atoms with E-state index in [9.17, 15) is 9.59 Å². The molecule has 1 unspecified atom stereocenters. The molecule has 1 saturated heterocycles. The zero-order valence-corrected chi connectivity index (χ0v) is 12.2. The zero-order chi connectivity index (χ0) is 14.1. The summed E-state index contributed by atoms with van der Waals surface area (Å²) in [5.41, 5.74) is 0.